The number of nitrogens with one attached hydrogen (secondary N) is 1. The number of fused-ring (bicyclic) bond motifs is 1. The van der Waals surface area contributed by atoms with Crippen molar-refractivity contribution in [3.05, 3.63) is 107 Å². The molecule has 6 nitrogen and oxygen atoms in total. The van der Waals surface area contributed by atoms with Gasteiger partial charge in [0.25, 0.3) is 0 Å². The van der Waals surface area contributed by atoms with E-state index in [2.05, 4.69) is 50.4 Å². The van der Waals surface area contributed by atoms with E-state index < -0.39 is 23.7 Å². The minimum Gasteiger partial charge on any atom is -0.481 e. The van der Waals surface area contributed by atoms with Gasteiger partial charge in [0.1, 0.15) is 5.82 Å². The second-order valence-electron chi connectivity index (χ2n) is 11.5. The molecule has 40 heavy (non-hydrogen) atoms. The van der Waals surface area contributed by atoms with E-state index in [1.165, 1.54) is 22.6 Å². The molecule has 7 heteroatoms. The van der Waals surface area contributed by atoms with Crippen LogP contribution in [-0.4, -0.2) is 22.8 Å². The standard InChI is InChI=1S/C33H33FN2O4/c1-33(2,3)23-12-8-20(9-13-23)22-18-26-31(28(37)19-22)32(21-10-14-24(34)15-11-21)36(29(38)16-17-30(39)40)27-7-5-4-6-25(27)35-26/h4-15,22,32,35H,16-19H2,1-3H3,(H,39,40). The molecular weight excluding hydrogens is 507 g/mol. The first kappa shape index (κ1) is 27.3. The predicted octanol–water partition coefficient (Wildman–Crippen LogP) is 6.89. The highest BCUT2D eigenvalue weighted by atomic mass is 19.1. The minimum absolute atomic E-state index is 0.0161. The van der Waals surface area contributed by atoms with Crippen LogP contribution in [0.15, 0.2) is 84.1 Å². The van der Waals surface area contributed by atoms with Gasteiger partial charge < -0.3 is 10.4 Å². The number of carboxylic acids is 1. The number of halogens is 1. The number of allylic oxidation sites excluding steroid dienone is 1. The van der Waals surface area contributed by atoms with Crippen molar-refractivity contribution < 1.29 is 23.9 Å². The zero-order valence-electron chi connectivity index (χ0n) is 22.9. The Morgan fingerprint density at radius 2 is 1.57 bits per heavy atom. The molecule has 2 N–H and O–H groups in total. The third kappa shape index (κ3) is 5.41. The number of rotatable bonds is 5. The van der Waals surface area contributed by atoms with E-state index in [1.54, 1.807) is 24.3 Å². The number of nitrogens with zero attached hydrogens (tertiary/aromatic N) is 1. The van der Waals surface area contributed by atoms with Crippen LogP contribution in [0.4, 0.5) is 15.8 Å². The third-order valence-electron chi connectivity index (χ3n) is 7.74. The van der Waals surface area contributed by atoms with Crippen molar-refractivity contribution in [1.29, 1.82) is 0 Å². The van der Waals surface area contributed by atoms with Crippen molar-refractivity contribution in [1.82, 2.24) is 0 Å². The molecule has 0 saturated carbocycles. The Kier molecular flexibility index (Phi) is 7.32. The Hall–Kier alpha value is -4.26. The number of carboxylic acid groups (broad SMARTS) is 1. The number of carbonyl (C=O) groups excluding carboxylic acids is 2. The van der Waals surface area contributed by atoms with Crippen molar-refractivity contribution in [3.63, 3.8) is 0 Å². The van der Waals surface area contributed by atoms with Crippen LogP contribution >= 0.6 is 0 Å². The van der Waals surface area contributed by atoms with Gasteiger partial charge in [0.05, 0.1) is 23.8 Å². The maximum atomic E-state index is 14.0. The summed E-state index contributed by atoms with van der Waals surface area (Å²) in [5.41, 5.74) is 5.25. The number of aliphatic carboxylic acids is 1. The Bertz CT molecular complexity index is 1490. The van der Waals surface area contributed by atoms with Gasteiger partial charge in [-0.3, -0.25) is 19.3 Å². The van der Waals surface area contributed by atoms with Gasteiger partial charge in [-0.1, -0.05) is 69.3 Å². The Balaban J connectivity index is 1.63. The number of benzene rings is 3. The average molecular weight is 541 g/mol. The van der Waals surface area contributed by atoms with Gasteiger partial charge in [0, 0.05) is 24.1 Å². The number of amides is 1. The fraction of sp³-hybridized carbons (Fsp3) is 0.303. The van der Waals surface area contributed by atoms with Gasteiger partial charge in [-0.25, -0.2) is 4.39 Å². The summed E-state index contributed by atoms with van der Waals surface area (Å²) in [6, 6.07) is 20.6. The molecule has 0 fully saturated rings. The molecule has 1 amide bonds. The maximum absolute atomic E-state index is 14.0. The highest BCUT2D eigenvalue weighted by Gasteiger charge is 2.41. The number of hydrogen-bond acceptors (Lipinski definition) is 4. The number of anilines is 2. The minimum atomic E-state index is -1.08. The molecule has 1 heterocycles. The average Bonchev–Trinajstić information content (AvgIpc) is 3.06. The first-order valence-electron chi connectivity index (χ1n) is 13.5. The first-order valence-corrected chi connectivity index (χ1v) is 13.5. The molecule has 0 aromatic heterocycles. The molecule has 0 spiro atoms. The summed E-state index contributed by atoms with van der Waals surface area (Å²) in [7, 11) is 0. The van der Waals surface area contributed by atoms with E-state index in [4.69, 9.17) is 0 Å². The van der Waals surface area contributed by atoms with Gasteiger partial charge in [0.15, 0.2) is 5.78 Å². The van der Waals surface area contributed by atoms with Gasteiger partial charge >= 0.3 is 5.97 Å². The fourth-order valence-electron chi connectivity index (χ4n) is 5.65. The quantitative estimate of drug-likeness (QED) is 0.368. The van der Waals surface area contributed by atoms with E-state index in [0.29, 0.717) is 28.9 Å². The molecule has 0 bridgehead atoms. The first-order chi connectivity index (χ1) is 19.0. The predicted molar refractivity (Wildman–Crippen MR) is 153 cm³/mol. The highest BCUT2D eigenvalue weighted by molar-refractivity contribution is 6.06. The molecule has 3 aromatic rings. The Morgan fingerprint density at radius 1 is 0.925 bits per heavy atom. The number of para-hydroxylation sites is 2. The third-order valence-corrected chi connectivity index (χ3v) is 7.74. The zero-order chi connectivity index (χ0) is 28.6. The van der Waals surface area contributed by atoms with E-state index in [9.17, 15) is 23.9 Å². The van der Waals surface area contributed by atoms with Gasteiger partial charge in [0.2, 0.25) is 5.91 Å². The number of carbonyl (C=O) groups is 3. The van der Waals surface area contributed by atoms with Gasteiger partial charge in [-0.2, -0.15) is 0 Å². The number of hydrogen-bond donors (Lipinski definition) is 2. The zero-order valence-corrected chi connectivity index (χ0v) is 22.9. The highest BCUT2D eigenvalue weighted by Crippen LogP contribution is 2.47. The van der Waals surface area contributed by atoms with Crippen molar-refractivity contribution in [2.75, 3.05) is 10.2 Å². The van der Waals surface area contributed by atoms with Crippen LogP contribution in [0.5, 0.6) is 0 Å². The summed E-state index contributed by atoms with van der Waals surface area (Å²) < 4.78 is 14.0. The van der Waals surface area contributed by atoms with Crippen molar-refractivity contribution in [3.8, 4) is 0 Å². The lowest BCUT2D eigenvalue weighted by Gasteiger charge is -2.35. The largest absolute Gasteiger partial charge is 0.481 e. The fourth-order valence-corrected chi connectivity index (χ4v) is 5.65. The normalized spacial score (nSPS) is 18.9. The number of Topliss-reactive ketones (excluding diaryl/α,β-unsaturated/α-hetero) is 1. The second-order valence-corrected chi connectivity index (χ2v) is 11.5. The summed E-state index contributed by atoms with van der Waals surface area (Å²) in [5.74, 6) is -2.09. The van der Waals surface area contributed by atoms with Crippen molar-refractivity contribution in [2.45, 2.75) is 63.8 Å². The summed E-state index contributed by atoms with van der Waals surface area (Å²) in [6.45, 7) is 6.49. The van der Waals surface area contributed by atoms with E-state index in [-0.39, 0.29) is 36.4 Å². The smallest absolute Gasteiger partial charge is 0.303 e. The van der Waals surface area contributed by atoms with Gasteiger partial charge in [-0.15, -0.1) is 0 Å². The van der Waals surface area contributed by atoms with Crippen molar-refractivity contribution in [2.24, 2.45) is 0 Å². The summed E-state index contributed by atoms with van der Waals surface area (Å²) in [6.07, 6.45) is 0.244. The Morgan fingerprint density at radius 3 is 2.23 bits per heavy atom. The Labute approximate surface area is 233 Å². The molecule has 1 aliphatic heterocycles. The van der Waals surface area contributed by atoms with Crippen LogP contribution in [0.25, 0.3) is 0 Å². The SMILES string of the molecule is CC(C)(C)c1ccc(C2CC(=O)C3=C(C2)Nc2ccccc2N(C(=O)CCC(=O)O)C3c2ccc(F)cc2)cc1. The summed E-state index contributed by atoms with van der Waals surface area (Å²) >= 11 is 0. The second kappa shape index (κ2) is 10.7. The summed E-state index contributed by atoms with van der Waals surface area (Å²) in [5, 5.41) is 12.7. The van der Waals surface area contributed by atoms with Crippen LogP contribution in [0.2, 0.25) is 0 Å². The van der Waals surface area contributed by atoms with Crippen LogP contribution in [0, 0.1) is 5.82 Å². The molecule has 2 unspecified atom stereocenters. The van der Waals surface area contributed by atoms with E-state index in [1.807, 2.05) is 12.1 Å². The lowest BCUT2D eigenvalue weighted by Crippen LogP contribution is -2.38. The lowest BCUT2D eigenvalue weighted by molar-refractivity contribution is -0.138. The monoisotopic (exact) mass is 540 g/mol. The van der Waals surface area contributed by atoms with E-state index in [0.717, 1.165) is 11.3 Å². The molecule has 5 rings (SSSR count). The molecule has 0 radical (unpaired) electrons. The van der Waals surface area contributed by atoms with Crippen LogP contribution in [-0.2, 0) is 19.8 Å². The molecule has 2 atom stereocenters. The lowest BCUT2D eigenvalue weighted by atomic mass is 9.77. The van der Waals surface area contributed by atoms with E-state index >= 15 is 0 Å². The van der Waals surface area contributed by atoms with Crippen molar-refractivity contribution >= 4 is 29.0 Å². The van der Waals surface area contributed by atoms with Crippen LogP contribution < -0.4 is 10.2 Å². The number of ketones is 1. The molecule has 3 aromatic carbocycles. The van der Waals surface area contributed by atoms with Crippen LogP contribution in [0.3, 0.4) is 0 Å². The maximum Gasteiger partial charge on any atom is 0.303 e. The molecule has 206 valence electrons. The molecule has 0 saturated heterocycles. The summed E-state index contributed by atoms with van der Waals surface area (Å²) in [4.78, 5) is 40.5. The van der Waals surface area contributed by atoms with Crippen LogP contribution in [0.1, 0.15) is 75.1 Å². The molecule has 2 aliphatic rings. The topological polar surface area (TPSA) is 86.7 Å². The molecular formula is C33H33FN2O4. The molecule has 1 aliphatic carbocycles. The van der Waals surface area contributed by atoms with Gasteiger partial charge in [-0.05, 0) is 58.7 Å².